The Hall–Kier alpha value is -1.30. The molecule has 124 valence electrons. The van der Waals surface area contributed by atoms with Gasteiger partial charge in [0.1, 0.15) is 5.15 Å². The van der Waals surface area contributed by atoms with E-state index >= 15 is 0 Å². The van der Waals surface area contributed by atoms with E-state index < -0.39 is 18.0 Å². The van der Waals surface area contributed by atoms with Gasteiger partial charge in [0.2, 0.25) is 0 Å². The minimum atomic E-state index is -4.47. The Balaban J connectivity index is 2.48. The Labute approximate surface area is 141 Å². The number of halogens is 5. The van der Waals surface area contributed by atoms with Gasteiger partial charge in [-0.15, -0.1) is 0 Å². The van der Waals surface area contributed by atoms with Gasteiger partial charge < -0.3 is 5.11 Å². The second-order valence-corrected chi connectivity index (χ2v) is 6.03. The summed E-state index contributed by atoms with van der Waals surface area (Å²) in [5.41, 5.74) is 0.938. The average molecular weight is 364 g/mol. The zero-order valence-corrected chi connectivity index (χ0v) is 13.6. The van der Waals surface area contributed by atoms with Crippen molar-refractivity contribution in [2.24, 2.45) is 0 Å². The molecule has 1 heterocycles. The predicted molar refractivity (Wildman–Crippen MR) is 83.8 cm³/mol. The van der Waals surface area contributed by atoms with Crippen LogP contribution in [0.2, 0.25) is 10.2 Å². The molecular weight excluding hydrogens is 350 g/mol. The number of aliphatic hydroxyl groups excluding tert-OH is 1. The van der Waals surface area contributed by atoms with Crippen molar-refractivity contribution in [1.82, 2.24) is 4.98 Å². The molecule has 2 atom stereocenters. The minimum absolute atomic E-state index is 0.00525. The molecule has 0 bridgehead atoms. The smallest absolute Gasteiger partial charge is 0.392 e. The number of alkyl halides is 3. The van der Waals surface area contributed by atoms with Crippen molar-refractivity contribution in [1.29, 1.82) is 0 Å². The molecule has 0 amide bonds. The Bertz CT molecular complexity index is 691. The molecule has 0 aliphatic rings. The normalized spacial score (nSPS) is 14.6. The fourth-order valence-electron chi connectivity index (χ4n) is 2.59. The number of aliphatic hydroxyl groups is 1. The van der Waals surface area contributed by atoms with Crippen LogP contribution in [-0.2, 0) is 6.61 Å². The van der Waals surface area contributed by atoms with Crippen molar-refractivity contribution in [3.05, 3.63) is 63.4 Å². The third-order valence-corrected chi connectivity index (χ3v) is 4.23. The van der Waals surface area contributed by atoms with E-state index in [2.05, 4.69) is 4.98 Å². The summed E-state index contributed by atoms with van der Waals surface area (Å²) in [5, 5.41) is 9.28. The van der Waals surface area contributed by atoms with Crippen molar-refractivity contribution < 1.29 is 18.3 Å². The summed E-state index contributed by atoms with van der Waals surface area (Å²) in [6.45, 7) is 1.24. The third kappa shape index (κ3) is 4.16. The Morgan fingerprint density at radius 2 is 1.87 bits per heavy atom. The lowest BCUT2D eigenvalue weighted by molar-refractivity contribution is -0.154. The highest BCUT2D eigenvalue weighted by atomic mass is 35.5. The maximum Gasteiger partial charge on any atom is 0.396 e. The molecular formula is C16H14Cl2F3NO. The van der Waals surface area contributed by atoms with Gasteiger partial charge in [-0.25, -0.2) is 4.98 Å². The molecule has 0 saturated heterocycles. The number of pyridine rings is 1. The molecule has 2 rings (SSSR count). The second-order valence-electron chi connectivity index (χ2n) is 5.23. The first-order valence-corrected chi connectivity index (χ1v) is 7.57. The number of benzene rings is 1. The highest BCUT2D eigenvalue weighted by Gasteiger charge is 2.45. The number of hydrogen-bond donors (Lipinski definition) is 1. The van der Waals surface area contributed by atoms with Crippen molar-refractivity contribution in [2.75, 3.05) is 0 Å². The van der Waals surface area contributed by atoms with Crippen LogP contribution in [0, 0.1) is 0 Å². The lowest BCUT2D eigenvalue weighted by Crippen LogP contribution is -2.26. The Morgan fingerprint density at radius 1 is 1.17 bits per heavy atom. The van der Waals surface area contributed by atoms with Gasteiger partial charge in [-0.3, -0.25) is 0 Å². The standard InChI is InChI=1S/C16H14Cl2F3NO/c1-9(12-3-2-10(8-23)6-13(12)17)15(16(19,20)21)11-4-5-22-14(18)7-11/h2-7,9,15,23H,8H2,1H3. The summed E-state index contributed by atoms with van der Waals surface area (Å²) in [7, 11) is 0. The van der Waals surface area contributed by atoms with Crippen LogP contribution in [0.5, 0.6) is 0 Å². The van der Waals surface area contributed by atoms with Gasteiger partial charge in [0.15, 0.2) is 0 Å². The van der Waals surface area contributed by atoms with Crippen LogP contribution in [0.1, 0.15) is 35.4 Å². The fraction of sp³-hybridized carbons (Fsp3) is 0.312. The summed E-state index contributed by atoms with van der Waals surface area (Å²) < 4.78 is 40.8. The van der Waals surface area contributed by atoms with E-state index in [9.17, 15) is 13.2 Å². The predicted octanol–water partition coefficient (Wildman–Crippen LogP) is 5.33. The van der Waals surface area contributed by atoms with Gasteiger partial charge in [0.25, 0.3) is 0 Å². The van der Waals surface area contributed by atoms with Crippen molar-refractivity contribution in [2.45, 2.75) is 31.5 Å². The van der Waals surface area contributed by atoms with Crippen LogP contribution in [0.4, 0.5) is 13.2 Å². The van der Waals surface area contributed by atoms with Gasteiger partial charge in [-0.05, 0) is 40.8 Å². The van der Waals surface area contributed by atoms with Gasteiger partial charge in [-0.2, -0.15) is 13.2 Å². The van der Waals surface area contributed by atoms with Crippen LogP contribution in [0.3, 0.4) is 0 Å². The van der Waals surface area contributed by atoms with E-state index in [-0.39, 0.29) is 22.3 Å². The second kappa shape index (κ2) is 7.07. The molecule has 1 aromatic carbocycles. The summed E-state index contributed by atoms with van der Waals surface area (Å²) in [5.74, 6) is -2.69. The molecule has 0 fully saturated rings. The van der Waals surface area contributed by atoms with Crippen molar-refractivity contribution in [3.8, 4) is 0 Å². The van der Waals surface area contributed by atoms with E-state index in [4.69, 9.17) is 28.3 Å². The summed E-state index contributed by atoms with van der Waals surface area (Å²) in [4.78, 5) is 3.72. The molecule has 2 aromatic rings. The van der Waals surface area contributed by atoms with Gasteiger partial charge in [0.05, 0.1) is 12.5 Å². The zero-order chi connectivity index (χ0) is 17.2. The molecule has 0 spiro atoms. The zero-order valence-electron chi connectivity index (χ0n) is 12.1. The monoisotopic (exact) mass is 363 g/mol. The van der Waals surface area contributed by atoms with E-state index in [0.717, 1.165) is 0 Å². The first kappa shape index (κ1) is 18.0. The molecule has 0 radical (unpaired) electrons. The maximum absolute atomic E-state index is 13.6. The number of rotatable bonds is 4. The van der Waals surface area contributed by atoms with Crippen LogP contribution >= 0.6 is 23.2 Å². The average Bonchev–Trinajstić information content (AvgIpc) is 2.45. The van der Waals surface area contributed by atoms with Crippen LogP contribution < -0.4 is 0 Å². The van der Waals surface area contributed by atoms with Crippen LogP contribution in [-0.4, -0.2) is 16.3 Å². The molecule has 1 aromatic heterocycles. The van der Waals surface area contributed by atoms with Gasteiger partial charge in [0, 0.05) is 11.2 Å². The molecule has 0 saturated carbocycles. The first-order valence-electron chi connectivity index (χ1n) is 6.81. The number of hydrogen-bond acceptors (Lipinski definition) is 2. The molecule has 2 unspecified atom stereocenters. The Morgan fingerprint density at radius 3 is 2.39 bits per heavy atom. The largest absolute Gasteiger partial charge is 0.396 e. The SMILES string of the molecule is CC(c1ccc(CO)cc1Cl)C(c1ccnc(Cl)c1)C(F)(F)F. The highest BCUT2D eigenvalue weighted by molar-refractivity contribution is 6.31. The minimum Gasteiger partial charge on any atom is -0.392 e. The highest BCUT2D eigenvalue weighted by Crippen LogP contribution is 2.46. The number of nitrogens with zero attached hydrogens (tertiary/aromatic N) is 1. The van der Waals surface area contributed by atoms with E-state index in [1.807, 2.05) is 0 Å². The van der Waals surface area contributed by atoms with Crippen LogP contribution in [0.15, 0.2) is 36.5 Å². The molecule has 2 nitrogen and oxygen atoms in total. The Kier molecular flexibility index (Phi) is 5.55. The lowest BCUT2D eigenvalue weighted by Gasteiger charge is -2.28. The molecule has 7 heteroatoms. The van der Waals surface area contributed by atoms with E-state index in [0.29, 0.717) is 11.1 Å². The third-order valence-electron chi connectivity index (χ3n) is 3.70. The number of aromatic nitrogens is 1. The van der Waals surface area contributed by atoms with E-state index in [1.165, 1.54) is 37.4 Å². The maximum atomic E-state index is 13.6. The molecule has 23 heavy (non-hydrogen) atoms. The first-order chi connectivity index (χ1) is 10.7. The van der Waals surface area contributed by atoms with Crippen LogP contribution in [0.25, 0.3) is 0 Å². The molecule has 0 aliphatic carbocycles. The van der Waals surface area contributed by atoms with Crippen molar-refractivity contribution >= 4 is 23.2 Å². The molecule has 0 aliphatic heterocycles. The topological polar surface area (TPSA) is 33.1 Å². The quantitative estimate of drug-likeness (QED) is 0.744. The van der Waals surface area contributed by atoms with Crippen molar-refractivity contribution in [3.63, 3.8) is 0 Å². The lowest BCUT2D eigenvalue weighted by atomic mass is 9.82. The van der Waals surface area contributed by atoms with E-state index in [1.54, 1.807) is 6.07 Å². The van der Waals surface area contributed by atoms with Gasteiger partial charge >= 0.3 is 6.18 Å². The summed E-state index contributed by atoms with van der Waals surface area (Å²) in [6, 6.07) is 7.06. The molecule has 1 N–H and O–H groups in total. The summed E-state index contributed by atoms with van der Waals surface area (Å²) in [6.07, 6.45) is -3.22. The fourth-order valence-corrected chi connectivity index (χ4v) is 3.15. The van der Waals surface area contributed by atoms with Gasteiger partial charge in [-0.1, -0.05) is 42.3 Å². The summed E-state index contributed by atoms with van der Waals surface area (Å²) >= 11 is 11.8.